The van der Waals surface area contributed by atoms with Crippen LogP contribution in [0.1, 0.15) is 11.1 Å². The van der Waals surface area contributed by atoms with E-state index in [-0.39, 0.29) is 18.5 Å². The largest absolute Gasteiger partial charge is 0.394 e. The summed E-state index contributed by atoms with van der Waals surface area (Å²) in [5.74, 6) is -0.339. The highest BCUT2D eigenvalue weighted by atomic mass is 19.1. The molecule has 0 spiro atoms. The van der Waals surface area contributed by atoms with Gasteiger partial charge in [-0.2, -0.15) is 5.26 Å². The van der Waals surface area contributed by atoms with Gasteiger partial charge in [0.25, 0.3) is 0 Å². The van der Waals surface area contributed by atoms with Crippen LogP contribution in [-0.4, -0.2) is 42.4 Å². The van der Waals surface area contributed by atoms with Gasteiger partial charge >= 0.3 is 0 Å². The van der Waals surface area contributed by atoms with Crippen LogP contribution in [0, 0.1) is 17.1 Å². The maximum absolute atomic E-state index is 13.6. The highest BCUT2D eigenvalue weighted by molar-refractivity contribution is 5.32. The molecule has 1 saturated heterocycles. The molecule has 0 aromatic heterocycles. The lowest BCUT2D eigenvalue weighted by Gasteiger charge is -2.38. The van der Waals surface area contributed by atoms with Crippen LogP contribution in [-0.2, 0) is 11.3 Å². The molecule has 0 unspecified atom stereocenters. The number of nitriles is 1. The maximum atomic E-state index is 13.6. The normalized spacial score (nSPS) is 16.3. The molecule has 96 valence electrons. The predicted octanol–water partition coefficient (Wildman–Crippen LogP) is 0.890. The van der Waals surface area contributed by atoms with Crippen LogP contribution in [0.2, 0.25) is 0 Å². The molecule has 1 aromatic carbocycles. The summed E-state index contributed by atoms with van der Waals surface area (Å²) in [5, 5.41) is 17.3. The Bertz CT molecular complexity index is 453. The van der Waals surface area contributed by atoms with Crippen molar-refractivity contribution in [1.82, 2.24) is 4.90 Å². The number of hydrogen-bond acceptors (Lipinski definition) is 4. The Morgan fingerprint density at radius 2 is 2.28 bits per heavy atom. The quantitative estimate of drug-likeness (QED) is 0.843. The smallest absolute Gasteiger partial charge is 0.129 e. The number of aliphatic hydroxyl groups is 1. The van der Waals surface area contributed by atoms with Gasteiger partial charge in [-0.1, -0.05) is 6.07 Å². The summed E-state index contributed by atoms with van der Waals surface area (Å²) in [6, 6.07) is 6.44. The van der Waals surface area contributed by atoms with Gasteiger partial charge in [-0.15, -0.1) is 0 Å². The Morgan fingerprint density at radius 3 is 2.89 bits per heavy atom. The SMILES string of the molecule is N#Cc1ccc(CN2CC(OCCO)C2)c(F)c1. The standard InChI is InChI=1S/C13H15FN2O2/c14-13-5-10(6-15)1-2-11(13)7-16-8-12(9-16)18-4-3-17/h1-2,5,12,17H,3-4,7-9H2. The summed E-state index contributed by atoms with van der Waals surface area (Å²) < 4.78 is 18.9. The van der Waals surface area contributed by atoms with Gasteiger partial charge in [0, 0.05) is 25.2 Å². The molecule has 0 aliphatic carbocycles. The number of ether oxygens (including phenoxy) is 1. The minimum Gasteiger partial charge on any atom is -0.394 e. The molecule has 1 aliphatic heterocycles. The fraction of sp³-hybridized carbons (Fsp3) is 0.462. The van der Waals surface area contributed by atoms with E-state index in [0.29, 0.717) is 24.3 Å². The number of hydrogen-bond donors (Lipinski definition) is 1. The van der Waals surface area contributed by atoms with Gasteiger partial charge in [-0.05, 0) is 12.1 Å². The Balaban J connectivity index is 1.83. The first-order chi connectivity index (χ1) is 8.72. The number of likely N-dealkylation sites (tertiary alicyclic amines) is 1. The first kappa shape index (κ1) is 13.0. The van der Waals surface area contributed by atoms with Crippen LogP contribution >= 0.6 is 0 Å². The van der Waals surface area contributed by atoms with Crippen molar-refractivity contribution in [3.8, 4) is 6.07 Å². The van der Waals surface area contributed by atoms with Crippen LogP contribution in [0.5, 0.6) is 0 Å². The fourth-order valence-corrected chi connectivity index (χ4v) is 1.96. The van der Waals surface area contributed by atoms with Crippen molar-refractivity contribution in [1.29, 1.82) is 5.26 Å². The average molecular weight is 250 g/mol. The second-order valence-corrected chi connectivity index (χ2v) is 4.33. The summed E-state index contributed by atoms with van der Waals surface area (Å²) in [4.78, 5) is 2.06. The van der Waals surface area contributed by atoms with Gasteiger partial charge in [0.05, 0.1) is 31.0 Å². The molecule has 1 heterocycles. The van der Waals surface area contributed by atoms with Gasteiger partial charge in [0.2, 0.25) is 0 Å². The first-order valence-electron chi connectivity index (χ1n) is 5.86. The lowest BCUT2D eigenvalue weighted by Crippen LogP contribution is -2.51. The molecular weight excluding hydrogens is 235 g/mol. The number of nitrogens with zero attached hydrogens (tertiary/aromatic N) is 2. The van der Waals surface area contributed by atoms with E-state index in [0.717, 1.165) is 13.1 Å². The van der Waals surface area contributed by atoms with Crippen LogP contribution in [0.25, 0.3) is 0 Å². The van der Waals surface area contributed by atoms with Gasteiger partial charge in [0.1, 0.15) is 5.82 Å². The maximum Gasteiger partial charge on any atom is 0.129 e. The van der Waals surface area contributed by atoms with Gasteiger partial charge in [-0.25, -0.2) is 4.39 Å². The van der Waals surface area contributed by atoms with E-state index in [4.69, 9.17) is 15.1 Å². The second kappa shape index (κ2) is 5.91. The van der Waals surface area contributed by atoms with E-state index in [2.05, 4.69) is 4.90 Å². The lowest BCUT2D eigenvalue weighted by atomic mass is 10.1. The zero-order chi connectivity index (χ0) is 13.0. The Kier molecular flexibility index (Phi) is 4.26. The summed E-state index contributed by atoms with van der Waals surface area (Å²) >= 11 is 0. The summed E-state index contributed by atoms with van der Waals surface area (Å²) in [6.45, 7) is 2.40. The number of rotatable bonds is 5. The Hall–Kier alpha value is -1.48. The minimum atomic E-state index is -0.339. The van der Waals surface area contributed by atoms with Gasteiger partial charge < -0.3 is 9.84 Å². The van der Waals surface area contributed by atoms with Crippen molar-refractivity contribution in [3.05, 3.63) is 35.1 Å². The molecule has 5 heteroatoms. The third-order valence-electron chi connectivity index (χ3n) is 2.94. The lowest BCUT2D eigenvalue weighted by molar-refractivity contribution is -0.0667. The van der Waals surface area contributed by atoms with Crippen LogP contribution < -0.4 is 0 Å². The number of halogens is 1. The summed E-state index contributed by atoms with van der Waals surface area (Å²) in [5.41, 5.74) is 0.929. The van der Waals surface area contributed by atoms with E-state index in [9.17, 15) is 4.39 Å². The average Bonchev–Trinajstić information content (AvgIpc) is 2.33. The molecule has 1 aliphatic rings. The van der Waals surface area contributed by atoms with Crippen LogP contribution in [0.15, 0.2) is 18.2 Å². The third kappa shape index (κ3) is 3.05. The van der Waals surface area contributed by atoms with E-state index < -0.39 is 0 Å². The molecule has 0 saturated carbocycles. The van der Waals surface area contributed by atoms with Gasteiger partial charge in [0.15, 0.2) is 0 Å². The zero-order valence-electron chi connectivity index (χ0n) is 9.97. The van der Waals surface area contributed by atoms with Crippen molar-refractivity contribution >= 4 is 0 Å². The van der Waals surface area contributed by atoms with E-state index in [1.807, 2.05) is 6.07 Å². The van der Waals surface area contributed by atoms with Crippen LogP contribution in [0.4, 0.5) is 4.39 Å². The molecule has 0 bridgehead atoms. The van der Waals surface area contributed by atoms with Crippen molar-refractivity contribution in [2.24, 2.45) is 0 Å². The monoisotopic (exact) mass is 250 g/mol. The molecular formula is C13H15FN2O2. The van der Waals surface area contributed by atoms with Crippen molar-refractivity contribution < 1.29 is 14.2 Å². The fourth-order valence-electron chi connectivity index (χ4n) is 1.96. The second-order valence-electron chi connectivity index (χ2n) is 4.33. The van der Waals surface area contributed by atoms with E-state index >= 15 is 0 Å². The highest BCUT2D eigenvalue weighted by Gasteiger charge is 2.27. The molecule has 0 radical (unpaired) electrons. The van der Waals surface area contributed by atoms with Crippen molar-refractivity contribution in [2.75, 3.05) is 26.3 Å². The molecule has 4 nitrogen and oxygen atoms in total. The molecule has 0 amide bonds. The number of benzene rings is 1. The Labute approximate surface area is 105 Å². The molecule has 1 fully saturated rings. The molecule has 1 aromatic rings. The van der Waals surface area contributed by atoms with Crippen LogP contribution in [0.3, 0.4) is 0 Å². The Morgan fingerprint density at radius 1 is 1.50 bits per heavy atom. The number of aliphatic hydroxyl groups excluding tert-OH is 1. The molecule has 1 N–H and O–H groups in total. The topological polar surface area (TPSA) is 56.5 Å². The summed E-state index contributed by atoms with van der Waals surface area (Å²) in [6.07, 6.45) is 0.138. The first-order valence-corrected chi connectivity index (χ1v) is 5.86. The zero-order valence-corrected chi connectivity index (χ0v) is 9.97. The van der Waals surface area contributed by atoms with Gasteiger partial charge in [-0.3, -0.25) is 4.90 Å². The van der Waals surface area contributed by atoms with Crippen molar-refractivity contribution in [2.45, 2.75) is 12.6 Å². The minimum absolute atomic E-state index is 0.0285. The van der Waals surface area contributed by atoms with Crippen molar-refractivity contribution in [3.63, 3.8) is 0 Å². The van der Waals surface area contributed by atoms with E-state index in [1.165, 1.54) is 6.07 Å². The molecule has 2 rings (SSSR count). The molecule has 0 atom stereocenters. The predicted molar refractivity (Wildman–Crippen MR) is 63.2 cm³/mol. The summed E-state index contributed by atoms with van der Waals surface area (Å²) in [7, 11) is 0. The van der Waals surface area contributed by atoms with E-state index in [1.54, 1.807) is 12.1 Å². The third-order valence-corrected chi connectivity index (χ3v) is 2.94. The highest BCUT2D eigenvalue weighted by Crippen LogP contribution is 2.18. The molecule has 18 heavy (non-hydrogen) atoms.